The number of amides is 1. The molecule has 0 atom stereocenters. The van der Waals surface area contributed by atoms with Gasteiger partial charge in [-0.05, 0) is 31.2 Å². The van der Waals surface area contributed by atoms with Crippen molar-refractivity contribution in [2.45, 2.75) is 6.92 Å². The molecule has 0 aliphatic heterocycles. The van der Waals surface area contributed by atoms with Gasteiger partial charge in [-0.2, -0.15) is 8.42 Å². The Morgan fingerprint density at radius 3 is 2.38 bits per heavy atom. The van der Waals surface area contributed by atoms with Crippen LogP contribution in [-0.2, 0) is 19.7 Å². The van der Waals surface area contributed by atoms with Crippen molar-refractivity contribution in [3.8, 4) is 5.75 Å². The molecule has 0 saturated heterocycles. The third kappa shape index (κ3) is 6.47. The number of aliphatic carboxylic acids is 1. The molecule has 0 fully saturated rings. The zero-order valence-corrected chi connectivity index (χ0v) is 11.8. The van der Waals surface area contributed by atoms with Gasteiger partial charge in [0.15, 0.2) is 6.61 Å². The number of carbonyl (C=O) groups excluding carboxylic acids is 1. The van der Waals surface area contributed by atoms with E-state index in [2.05, 4.69) is 9.46 Å². The minimum Gasteiger partial charge on any atom is -0.482 e. The molecule has 116 valence electrons. The van der Waals surface area contributed by atoms with Crippen molar-refractivity contribution < 1.29 is 32.6 Å². The van der Waals surface area contributed by atoms with Crippen LogP contribution in [0.25, 0.3) is 0 Å². The van der Waals surface area contributed by atoms with E-state index in [0.29, 0.717) is 0 Å². The number of hydrogen-bond acceptors (Lipinski definition) is 6. The van der Waals surface area contributed by atoms with Gasteiger partial charge in [0.25, 0.3) is 0 Å². The fourth-order valence-corrected chi connectivity index (χ4v) is 1.99. The first-order chi connectivity index (χ1) is 9.82. The highest BCUT2D eigenvalue weighted by Crippen LogP contribution is 2.16. The number of rotatable bonds is 7. The summed E-state index contributed by atoms with van der Waals surface area (Å²) in [4.78, 5) is 21.3. The molecule has 1 aromatic rings. The summed E-state index contributed by atoms with van der Waals surface area (Å²) < 4.78 is 36.2. The Balaban J connectivity index is 2.62. The minimum atomic E-state index is -4.10. The van der Waals surface area contributed by atoms with Gasteiger partial charge in [-0.25, -0.2) is 14.3 Å². The summed E-state index contributed by atoms with van der Waals surface area (Å²) >= 11 is 0. The number of ether oxygens (including phenoxy) is 2. The maximum atomic E-state index is 11.6. The normalized spacial score (nSPS) is 10.5. The smallest absolute Gasteiger partial charge is 0.422 e. The van der Waals surface area contributed by atoms with E-state index in [0.717, 1.165) is 0 Å². The van der Waals surface area contributed by atoms with Gasteiger partial charge < -0.3 is 14.6 Å². The maximum Gasteiger partial charge on any atom is 0.422 e. The number of carboxylic acid groups (broad SMARTS) is 1. The number of carboxylic acids is 1. The Labute approximate surface area is 121 Å². The average molecular weight is 318 g/mol. The number of carbonyl (C=O) groups is 2. The van der Waals surface area contributed by atoms with Gasteiger partial charge in [-0.1, -0.05) is 0 Å². The predicted octanol–water partition coefficient (Wildman–Crippen LogP) is 0.553. The second kappa shape index (κ2) is 7.33. The molecular weight excluding hydrogens is 304 g/mol. The van der Waals surface area contributed by atoms with Crippen molar-refractivity contribution in [2.24, 2.45) is 0 Å². The molecule has 0 saturated carbocycles. The molecule has 0 aromatic heterocycles. The Bertz CT molecular complexity index is 598. The number of hydrogen-bond donors (Lipinski definition) is 3. The van der Waals surface area contributed by atoms with E-state index < -0.39 is 28.9 Å². The standard InChI is InChI=1S/C11H14N2O7S/c1-2-19-11(16)13-21(17,18)12-8-3-5-9(6-4-8)20-7-10(14)15/h3-6,12H,2,7H2,1H3,(H,13,16)(H,14,15). The topological polar surface area (TPSA) is 131 Å². The highest BCUT2D eigenvalue weighted by Gasteiger charge is 2.14. The highest BCUT2D eigenvalue weighted by atomic mass is 32.2. The molecule has 21 heavy (non-hydrogen) atoms. The molecule has 0 unspecified atom stereocenters. The lowest BCUT2D eigenvalue weighted by atomic mass is 10.3. The van der Waals surface area contributed by atoms with Crippen LogP contribution in [0.1, 0.15) is 6.92 Å². The second-order valence-electron chi connectivity index (χ2n) is 3.63. The molecule has 1 aromatic carbocycles. The van der Waals surface area contributed by atoms with Crippen LogP contribution in [0.15, 0.2) is 24.3 Å². The first-order valence-electron chi connectivity index (χ1n) is 5.74. The van der Waals surface area contributed by atoms with Crippen LogP contribution in [-0.4, -0.2) is 38.8 Å². The van der Waals surface area contributed by atoms with Crippen LogP contribution in [0.3, 0.4) is 0 Å². The summed E-state index contributed by atoms with van der Waals surface area (Å²) in [6, 6.07) is 5.46. The minimum absolute atomic E-state index is 0.0387. The van der Waals surface area contributed by atoms with Crippen LogP contribution < -0.4 is 14.2 Å². The Morgan fingerprint density at radius 1 is 1.24 bits per heavy atom. The number of nitrogens with one attached hydrogen (secondary N) is 2. The molecule has 0 aliphatic carbocycles. The maximum absolute atomic E-state index is 11.6. The molecule has 10 heteroatoms. The van der Waals surface area contributed by atoms with Crippen LogP contribution in [0, 0.1) is 0 Å². The molecule has 0 aliphatic rings. The Morgan fingerprint density at radius 2 is 1.86 bits per heavy atom. The summed E-state index contributed by atoms with van der Waals surface area (Å²) in [6.07, 6.45) is -1.09. The van der Waals surface area contributed by atoms with Gasteiger partial charge in [0.1, 0.15) is 5.75 Å². The van der Waals surface area contributed by atoms with Gasteiger partial charge in [0.2, 0.25) is 0 Å². The fourth-order valence-electron chi connectivity index (χ4n) is 1.22. The quantitative estimate of drug-likeness (QED) is 0.669. The molecule has 0 heterocycles. The zero-order chi connectivity index (χ0) is 15.9. The van der Waals surface area contributed by atoms with Crippen LogP contribution >= 0.6 is 0 Å². The van der Waals surface area contributed by atoms with E-state index in [-0.39, 0.29) is 18.0 Å². The molecule has 3 N–H and O–H groups in total. The van der Waals surface area contributed by atoms with Gasteiger partial charge in [0, 0.05) is 0 Å². The van der Waals surface area contributed by atoms with E-state index in [4.69, 9.17) is 9.84 Å². The van der Waals surface area contributed by atoms with Crippen LogP contribution in [0.2, 0.25) is 0 Å². The first kappa shape index (κ1) is 16.6. The van der Waals surface area contributed by atoms with E-state index in [9.17, 15) is 18.0 Å². The molecule has 0 spiro atoms. The third-order valence-electron chi connectivity index (χ3n) is 1.96. The van der Waals surface area contributed by atoms with E-state index >= 15 is 0 Å². The van der Waals surface area contributed by atoms with Crippen LogP contribution in [0.4, 0.5) is 10.5 Å². The van der Waals surface area contributed by atoms with Crippen molar-refractivity contribution in [2.75, 3.05) is 17.9 Å². The summed E-state index contributed by atoms with van der Waals surface area (Å²) in [5, 5.41) is 8.44. The van der Waals surface area contributed by atoms with Crippen molar-refractivity contribution in [3.63, 3.8) is 0 Å². The Hall–Kier alpha value is -2.49. The summed E-state index contributed by atoms with van der Waals surface area (Å²) in [6.45, 7) is 1.07. The largest absolute Gasteiger partial charge is 0.482 e. The van der Waals surface area contributed by atoms with Gasteiger partial charge in [-0.15, -0.1) is 0 Å². The summed E-state index contributed by atoms with van der Waals surface area (Å²) in [5.74, 6) is -0.864. The van der Waals surface area contributed by atoms with Crippen molar-refractivity contribution in [1.29, 1.82) is 0 Å². The molecule has 0 bridgehead atoms. The summed E-state index contributed by atoms with van der Waals surface area (Å²) in [5.41, 5.74) is 0.162. The van der Waals surface area contributed by atoms with Gasteiger partial charge >= 0.3 is 22.3 Å². The molecular formula is C11H14N2O7S. The van der Waals surface area contributed by atoms with Crippen LogP contribution in [0.5, 0.6) is 5.75 Å². The van der Waals surface area contributed by atoms with Crippen molar-refractivity contribution in [3.05, 3.63) is 24.3 Å². The summed E-state index contributed by atoms with van der Waals surface area (Å²) in [7, 11) is -4.10. The molecule has 1 rings (SSSR count). The lowest BCUT2D eigenvalue weighted by Gasteiger charge is -2.09. The fraction of sp³-hybridized carbons (Fsp3) is 0.273. The monoisotopic (exact) mass is 318 g/mol. The molecule has 1 amide bonds. The van der Waals surface area contributed by atoms with Gasteiger partial charge in [-0.3, -0.25) is 4.72 Å². The third-order valence-corrected chi connectivity index (χ3v) is 2.90. The van der Waals surface area contributed by atoms with Gasteiger partial charge in [0.05, 0.1) is 12.3 Å². The average Bonchev–Trinajstić information content (AvgIpc) is 2.37. The molecule has 9 nitrogen and oxygen atoms in total. The highest BCUT2D eigenvalue weighted by molar-refractivity contribution is 7.91. The second-order valence-corrected chi connectivity index (χ2v) is 5.05. The zero-order valence-electron chi connectivity index (χ0n) is 11.0. The van der Waals surface area contributed by atoms with E-state index in [1.54, 1.807) is 4.72 Å². The van der Waals surface area contributed by atoms with E-state index in [1.807, 2.05) is 0 Å². The number of anilines is 1. The van der Waals surface area contributed by atoms with Crippen molar-refractivity contribution in [1.82, 2.24) is 4.72 Å². The number of benzene rings is 1. The SMILES string of the molecule is CCOC(=O)NS(=O)(=O)Nc1ccc(OCC(=O)O)cc1. The lowest BCUT2D eigenvalue weighted by Crippen LogP contribution is -2.35. The Kier molecular flexibility index (Phi) is 5.79. The molecule has 0 radical (unpaired) electrons. The van der Waals surface area contributed by atoms with E-state index in [1.165, 1.54) is 31.2 Å². The predicted molar refractivity (Wildman–Crippen MR) is 72.3 cm³/mol. The van der Waals surface area contributed by atoms with Crippen molar-refractivity contribution >= 4 is 28.0 Å². The first-order valence-corrected chi connectivity index (χ1v) is 7.22. The lowest BCUT2D eigenvalue weighted by molar-refractivity contribution is -0.139.